The Morgan fingerprint density at radius 1 is 1.16 bits per heavy atom. The molecule has 2 N–H and O–H groups in total. The molecule has 0 aliphatic carbocycles. The van der Waals surface area contributed by atoms with Crippen LogP contribution in [0.3, 0.4) is 0 Å². The summed E-state index contributed by atoms with van der Waals surface area (Å²) in [6.07, 6.45) is 5.83. The largest absolute Gasteiger partial charge is 0.481 e. The van der Waals surface area contributed by atoms with Gasteiger partial charge in [-0.15, -0.1) is 0 Å². The normalized spacial score (nSPS) is 10.5. The van der Waals surface area contributed by atoms with Crippen LogP contribution in [0, 0.1) is 5.92 Å². The minimum absolute atomic E-state index is 0.0148. The summed E-state index contributed by atoms with van der Waals surface area (Å²) in [5.74, 6) is -0.118. The number of hydrogen-bond acceptors (Lipinski definition) is 2. The summed E-state index contributed by atoms with van der Waals surface area (Å²) in [4.78, 5) is 23.3. The van der Waals surface area contributed by atoms with Crippen molar-refractivity contribution in [1.82, 2.24) is 10.2 Å². The highest BCUT2D eigenvalue weighted by molar-refractivity contribution is 5.74. The molecule has 0 aromatic carbocycles. The molecule has 2 amide bonds. The van der Waals surface area contributed by atoms with Crippen molar-refractivity contribution >= 4 is 12.0 Å². The Morgan fingerprint density at radius 2 is 1.79 bits per heavy atom. The molecule has 0 aliphatic heterocycles. The number of nitrogens with one attached hydrogen (secondary N) is 1. The number of carboxylic acids is 1. The van der Waals surface area contributed by atoms with Crippen molar-refractivity contribution in [2.45, 2.75) is 52.4 Å². The zero-order chi connectivity index (χ0) is 14.7. The number of amides is 2. The van der Waals surface area contributed by atoms with Gasteiger partial charge in [0, 0.05) is 20.1 Å². The summed E-state index contributed by atoms with van der Waals surface area (Å²) in [7, 11) is 1.61. The number of urea groups is 1. The molecule has 0 atom stereocenters. The first kappa shape index (κ1) is 17.7. The maximum Gasteiger partial charge on any atom is 0.317 e. The van der Waals surface area contributed by atoms with E-state index in [1.807, 2.05) is 0 Å². The van der Waals surface area contributed by atoms with Crippen molar-refractivity contribution in [3.8, 4) is 0 Å². The van der Waals surface area contributed by atoms with Crippen LogP contribution in [0.5, 0.6) is 0 Å². The van der Waals surface area contributed by atoms with Gasteiger partial charge >= 0.3 is 12.0 Å². The van der Waals surface area contributed by atoms with Crippen LogP contribution in [0.25, 0.3) is 0 Å². The molecule has 5 nitrogen and oxygen atoms in total. The molecule has 0 rings (SSSR count). The molecular formula is C14H28N2O3. The lowest BCUT2D eigenvalue weighted by Gasteiger charge is -2.16. The lowest BCUT2D eigenvalue weighted by atomic mass is 10.0. The van der Waals surface area contributed by atoms with E-state index in [0.717, 1.165) is 18.8 Å². The van der Waals surface area contributed by atoms with Gasteiger partial charge in [-0.1, -0.05) is 39.5 Å². The Bertz CT molecular complexity index is 267. The second kappa shape index (κ2) is 10.6. The quantitative estimate of drug-likeness (QED) is 0.601. The van der Waals surface area contributed by atoms with E-state index in [9.17, 15) is 9.59 Å². The first-order valence-electron chi connectivity index (χ1n) is 7.14. The zero-order valence-corrected chi connectivity index (χ0v) is 12.4. The predicted octanol–water partition coefficient (Wildman–Crippen LogP) is 2.71. The first-order valence-corrected chi connectivity index (χ1v) is 7.14. The van der Waals surface area contributed by atoms with Crippen molar-refractivity contribution < 1.29 is 14.7 Å². The molecule has 0 saturated carbocycles. The van der Waals surface area contributed by atoms with Gasteiger partial charge in [-0.25, -0.2) is 4.79 Å². The van der Waals surface area contributed by atoms with Crippen LogP contribution >= 0.6 is 0 Å². The summed E-state index contributed by atoms with van der Waals surface area (Å²) in [5.41, 5.74) is 0. The van der Waals surface area contributed by atoms with Crippen molar-refractivity contribution in [2.24, 2.45) is 5.92 Å². The molecule has 5 heteroatoms. The Morgan fingerprint density at radius 3 is 2.37 bits per heavy atom. The number of unbranched alkanes of at least 4 members (excludes halogenated alkanes) is 3. The van der Waals surface area contributed by atoms with E-state index < -0.39 is 5.97 Å². The smallest absolute Gasteiger partial charge is 0.317 e. The molecule has 0 radical (unpaired) electrons. The number of aliphatic carboxylic acids is 1. The molecule has 19 heavy (non-hydrogen) atoms. The van der Waals surface area contributed by atoms with Crippen molar-refractivity contribution in [2.75, 3.05) is 20.1 Å². The van der Waals surface area contributed by atoms with E-state index in [-0.39, 0.29) is 19.0 Å². The monoisotopic (exact) mass is 272 g/mol. The van der Waals surface area contributed by atoms with Gasteiger partial charge in [-0.2, -0.15) is 0 Å². The number of carbonyl (C=O) groups excluding carboxylic acids is 1. The first-order chi connectivity index (χ1) is 8.93. The summed E-state index contributed by atoms with van der Waals surface area (Å²) >= 11 is 0. The van der Waals surface area contributed by atoms with E-state index in [1.54, 1.807) is 7.05 Å². The van der Waals surface area contributed by atoms with E-state index in [0.29, 0.717) is 6.54 Å². The van der Waals surface area contributed by atoms with Crippen LogP contribution in [0.15, 0.2) is 0 Å². The third kappa shape index (κ3) is 11.6. The van der Waals surface area contributed by atoms with Crippen LogP contribution in [-0.2, 0) is 4.79 Å². The lowest BCUT2D eigenvalue weighted by Crippen LogP contribution is -2.38. The average Bonchev–Trinajstić information content (AvgIpc) is 2.33. The Hall–Kier alpha value is -1.26. The van der Waals surface area contributed by atoms with Crippen LogP contribution in [0.4, 0.5) is 4.79 Å². The minimum atomic E-state index is -0.884. The second-order valence-electron chi connectivity index (χ2n) is 5.39. The van der Waals surface area contributed by atoms with Crippen LogP contribution in [-0.4, -0.2) is 42.1 Å². The summed E-state index contributed by atoms with van der Waals surface area (Å²) in [6.45, 7) is 5.37. The fourth-order valence-electron chi connectivity index (χ4n) is 1.73. The molecule has 0 fully saturated rings. The maximum absolute atomic E-state index is 11.6. The molecule has 0 heterocycles. The molecule has 0 bridgehead atoms. The number of rotatable bonds is 10. The number of hydrogen-bond donors (Lipinski definition) is 2. The van der Waals surface area contributed by atoms with Crippen LogP contribution < -0.4 is 5.32 Å². The van der Waals surface area contributed by atoms with Gasteiger partial charge in [0.15, 0.2) is 0 Å². The highest BCUT2D eigenvalue weighted by atomic mass is 16.4. The van der Waals surface area contributed by atoms with E-state index >= 15 is 0 Å². The average molecular weight is 272 g/mol. The third-order valence-corrected chi connectivity index (χ3v) is 2.99. The number of carboxylic acid groups (broad SMARTS) is 1. The molecule has 0 unspecified atom stereocenters. The number of nitrogens with zero attached hydrogens (tertiary/aromatic N) is 1. The van der Waals surface area contributed by atoms with E-state index in [2.05, 4.69) is 19.2 Å². The second-order valence-corrected chi connectivity index (χ2v) is 5.39. The van der Waals surface area contributed by atoms with Crippen LogP contribution in [0.2, 0.25) is 0 Å². The summed E-state index contributed by atoms with van der Waals surface area (Å²) in [5, 5.41) is 11.3. The number of carbonyl (C=O) groups is 2. The van der Waals surface area contributed by atoms with Crippen molar-refractivity contribution in [3.63, 3.8) is 0 Å². The van der Waals surface area contributed by atoms with Crippen molar-refractivity contribution in [1.29, 1.82) is 0 Å². The highest BCUT2D eigenvalue weighted by Gasteiger charge is 2.08. The minimum Gasteiger partial charge on any atom is -0.481 e. The predicted molar refractivity (Wildman–Crippen MR) is 76.2 cm³/mol. The fraction of sp³-hybridized carbons (Fsp3) is 0.857. The van der Waals surface area contributed by atoms with E-state index in [4.69, 9.17) is 5.11 Å². The van der Waals surface area contributed by atoms with E-state index in [1.165, 1.54) is 24.2 Å². The standard InChI is InChI=1S/C14H28N2O3/c1-12(2)8-6-4-5-7-10-15-14(19)16(3)11-9-13(17)18/h12H,4-11H2,1-3H3,(H,15,19)(H,17,18). The summed E-state index contributed by atoms with van der Waals surface area (Å²) in [6, 6.07) is -0.191. The summed E-state index contributed by atoms with van der Waals surface area (Å²) < 4.78 is 0. The maximum atomic E-state index is 11.6. The molecule has 0 saturated heterocycles. The van der Waals surface area contributed by atoms with Gasteiger partial charge in [-0.3, -0.25) is 4.79 Å². The van der Waals surface area contributed by atoms with Gasteiger partial charge in [0.2, 0.25) is 0 Å². The van der Waals surface area contributed by atoms with Gasteiger partial charge in [-0.05, 0) is 12.3 Å². The van der Waals surface area contributed by atoms with Crippen LogP contribution in [0.1, 0.15) is 52.4 Å². The molecule has 0 aromatic rings. The molecule has 112 valence electrons. The SMILES string of the molecule is CC(C)CCCCCCNC(=O)N(C)CCC(=O)O. The molecule has 0 aliphatic rings. The third-order valence-electron chi connectivity index (χ3n) is 2.99. The Kier molecular flexibility index (Phi) is 9.94. The Labute approximate surface area is 116 Å². The molecule has 0 spiro atoms. The van der Waals surface area contributed by atoms with Crippen molar-refractivity contribution in [3.05, 3.63) is 0 Å². The topological polar surface area (TPSA) is 69.6 Å². The lowest BCUT2D eigenvalue weighted by molar-refractivity contribution is -0.137. The highest BCUT2D eigenvalue weighted by Crippen LogP contribution is 2.08. The van der Waals surface area contributed by atoms with Gasteiger partial charge in [0.05, 0.1) is 6.42 Å². The van der Waals surface area contributed by atoms with Gasteiger partial charge in [0.25, 0.3) is 0 Å². The Balaban J connectivity index is 3.44. The fourth-order valence-corrected chi connectivity index (χ4v) is 1.73. The molecular weight excluding hydrogens is 244 g/mol. The van der Waals surface area contributed by atoms with Gasteiger partial charge < -0.3 is 15.3 Å². The van der Waals surface area contributed by atoms with Gasteiger partial charge in [0.1, 0.15) is 0 Å². The molecule has 0 aromatic heterocycles. The zero-order valence-electron chi connectivity index (χ0n) is 12.4.